The highest BCUT2D eigenvalue weighted by Crippen LogP contribution is 2.32. The van der Waals surface area contributed by atoms with Gasteiger partial charge in [-0.1, -0.05) is 48.5 Å². The van der Waals surface area contributed by atoms with Crippen molar-refractivity contribution in [3.63, 3.8) is 0 Å². The molecule has 0 aliphatic heterocycles. The molecular formula is C25H20F2N6. The maximum Gasteiger partial charge on any atom is 0.225 e. The first-order valence-electron chi connectivity index (χ1n) is 10.4. The average molecular weight is 442 g/mol. The number of halogens is 2. The molecule has 0 aliphatic carbocycles. The van der Waals surface area contributed by atoms with E-state index in [-0.39, 0.29) is 24.1 Å². The van der Waals surface area contributed by atoms with Crippen molar-refractivity contribution in [2.45, 2.75) is 13.1 Å². The van der Waals surface area contributed by atoms with E-state index >= 15 is 0 Å². The summed E-state index contributed by atoms with van der Waals surface area (Å²) in [6.45, 7) is 0.658. The summed E-state index contributed by atoms with van der Waals surface area (Å²) >= 11 is 0. The molecule has 0 atom stereocenters. The molecular weight excluding hydrogens is 422 g/mol. The van der Waals surface area contributed by atoms with Crippen molar-refractivity contribution < 1.29 is 8.78 Å². The van der Waals surface area contributed by atoms with Gasteiger partial charge in [-0.2, -0.15) is 4.98 Å². The molecule has 8 heteroatoms. The van der Waals surface area contributed by atoms with Crippen molar-refractivity contribution in [1.29, 1.82) is 0 Å². The third-order valence-electron chi connectivity index (χ3n) is 5.33. The van der Waals surface area contributed by atoms with E-state index in [1.54, 1.807) is 35.0 Å². The summed E-state index contributed by atoms with van der Waals surface area (Å²) in [4.78, 5) is 9.14. The quantitative estimate of drug-likeness (QED) is 0.386. The highest BCUT2D eigenvalue weighted by molar-refractivity contribution is 5.98. The zero-order valence-electron chi connectivity index (χ0n) is 17.5. The smallest absolute Gasteiger partial charge is 0.225 e. The molecule has 3 aromatic carbocycles. The molecule has 5 aromatic rings. The summed E-state index contributed by atoms with van der Waals surface area (Å²) in [5, 5.41) is 8.24. The first-order valence-corrected chi connectivity index (χ1v) is 10.4. The van der Waals surface area contributed by atoms with Gasteiger partial charge in [0.15, 0.2) is 5.65 Å². The Bertz CT molecular complexity index is 1410. The van der Waals surface area contributed by atoms with Gasteiger partial charge in [0.2, 0.25) is 5.95 Å². The molecule has 0 spiro atoms. The summed E-state index contributed by atoms with van der Waals surface area (Å²) < 4.78 is 29.3. The Kier molecular flexibility index (Phi) is 5.40. The molecule has 0 saturated carbocycles. The van der Waals surface area contributed by atoms with Crippen molar-refractivity contribution in [1.82, 2.24) is 19.7 Å². The topological polar surface area (TPSA) is 81.7 Å². The van der Waals surface area contributed by atoms with Gasteiger partial charge in [0.25, 0.3) is 0 Å². The number of nitrogens with two attached hydrogens (primary N) is 1. The third-order valence-corrected chi connectivity index (χ3v) is 5.33. The number of fused-ring (bicyclic) bond motifs is 1. The predicted molar refractivity (Wildman–Crippen MR) is 124 cm³/mol. The number of aromatic nitrogens is 4. The number of anilines is 2. The zero-order chi connectivity index (χ0) is 22.8. The SMILES string of the molecule is Nc1c2c(-c3ccc(F)cc3)nc(NCc3ccccc3F)nc2nn1Cc1ccccc1. The van der Waals surface area contributed by atoms with Crippen molar-refractivity contribution in [2.75, 3.05) is 11.1 Å². The predicted octanol–water partition coefficient (Wildman–Crippen LogP) is 5.01. The normalized spacial score (nSPS) is 11.1. The molecule has 0 saturated heterocycles. The van der Waals surface area contributed by atoms with E-state index in [2.05, 4.69) is 20.4 Å². The van der Waals surface area contributed by atoms with E-state index in [9.17, 15) is 8.78 Å². The minimum absolute atomic E-state index is 0.196. The highest BCUT2D eigenvalue weighted by atomic mass is 19.1. The molecule has 3 N–H and O–H groups in total. The Balaban J connectivity index is 1.58. The van der Waals surface area contributed by atoms with Crippen LogP contribution >= 0.6 is 0 Å². The lowest BCUT2D eigenvalue weighted by molar-refractivity contribution is 0.612. The van der Waals surface area contributed by atoms with Gasteiger partial charge in [0.1, 0.15) is 17.5 Å². The first-order chi connectivity index (χ1) is 16.1. The molecule has 0 unspecified atom stereocenters. The fourth-order valence-electron chi connectivity index (χ4n) is 3.64. The number of hydrogen-bond acceptors (Lipinski definition) is 5. The van der Waals surface area contributed by atoms with Crippen LogP contribution in [0.3, 0.4) is 0 Å². The van der Waals surface area contributed by atoms with Crippen LogP contribution in [0.4, 0.5) is 20.5 Å². The van der Waals surface area contributed by atoms with Crippen LogP contribution < -0.4 is 11.1 Å². The summed E-state index contributed by atoms with van der Waals surface area (Å²) in [5.74, 6) is 0.0131. The van der Waals surface area contributed by atoms with Gasteiger partial charge in [-0.15, -0.1) is 5.10 Å². The number of hydrogen-bond donors (Lipinski definition) is 2. The minimum Gasteiger partial charge on any atom is -0.383 e. The van der Waals surface area contributed by atoms with E-state index in [1.165, 1.54) is 18.2 Å². The fourth-order valence-corrected chi connectivity index (χ4v) is 3.64. The van der Waals surface area contributed by atoms with Crippen LogP contribution in [0.25, 0.3) is 22.3 Å². The molecule has 0 aliphatic rings. The van der Waals surface area contributed by atoms with E-state index in [0.717, 1.165) is 5.56 Å². The second-order valence-corrected chi connectivity index (χ2v) is 7.57. The standard InChI is InChI=1S/C25H20F2N6/c26-19-12-10-17(11-13-19)22-21-23(28)33(15-16-6-2-1-3-7-16)32-24(21)31-25(30-22)29-14-18-8-4-5-9-20(18)27/h1-13H,14-15,28H2,(H,29,31,32). The Morgan fingerprint density at radius 3 is 2.33 bits per heavy atom. The molecule has 0 fully saturated rings. The minimum atomic E-state index is -0.352. The number of nitrogen functional groups attached to an aromatic ring is 1. The van der Waals surface area contributed by atoms with Crippen LogP contribution in [0.2, 0.25) is 0 Å². The Hall–Kier alpha value is -4.33. The number of nitrogens with zero attached hydrogens (tertiary/aromatic N) is 4. The first kappa shape index (κ1) is 20.6. The molecule has 0 bridgehead atoms. The van der Waals surface area contributed by atoms with Gasteiger partial charge in [0, 0.05) is 17.7 Å². The second kappa shape index (κ2) is 8.66. The van der Waals surface area contributed by atoms with Gasteiger partial charge in [-0.3, -0.25) is 0 Å². The van der Waals surface area contributed by atoms with Crippen molar-refractivity contribution in [3.8, 4) is 11.3 Å². The largest absolute Gasteiger partial charge is 0.383 e. The van der Waals surface area contributed by atoms with E-state index in [0.29, 0.717) is 40.2 Å². The van der Waals surface area contributed by atoms with Crippen molar-refractivity contribution >= 4 is 22.8 Å². The maximum absolute atomic E-state index is 14.0. The van der Waals surface area contributed by atoms with Crippen LogP contribution in [-0.2, 0) is 13.1 Å². The summed E-state index contributed by atoms with van der Waals surface area (Å²) in [6.07, 6.45) is 0. The van der Waals surface area contributed by atoms with Crippen LogP contribution in [0, 0.1) is 11.6 Å². The average Bonchev–Trinajstić information content (AvgIpc) is 3.14. The second-order valence-electron chi connectivity index (χ2n) is 7.57. The van der Waals surface area contributed by atoms with Gasteiger partial charge in [0.05, 0.1) is 17.6 Å². The number of rotatable bonds is 6. The lowest BCUT2D eigenvalue weighted by Crippen LogP contribution is -2.06. The zero-order valence-corrected chi connectivity index (χ0v) is 17.5. The van der Waals surface area contributed by atoms with Crippen LogP contribution in [0.15, 0.2) is 78.9 Å². The van der Waals surface area contributed by atoms with Crippen molar-refractivity contribution in [3.05, 3.63) is 102 Å². The molecule has 6 nitrogen and oxygen atoms in total. The van der Waals surface area contributed by atoms with Crippen LogP contribution in [0.5, 0.6) is 0 Å². The molecule has 2 aromatic heterocycles. The number of nitrogens with one attached hydrogen (secondary N) is 1. The fraction of sp³-hybridized carbons (Fsp3) is 0.0800. The summed E-state index contributed by atoms with van der Waals surface area (Å²) in [7, 11) is 0. The van der Waals surface area contributed by atoms with Gasteiger partial charge >= 0.3 is 0 Å². The van der Waals surface area contributed by atoms with E-state index in [4.69, 9.17) is 5.73 Å². The molecule has 0 radical (unpaired) electrons. The molecule has 0 amide bonds. The van der Waals surface area contributed by atoms with Gasteiger partial charge in [-0.25, -0.2) is 18.4 Å². The van der Waals surface area contributed by atoms with E-state index < -0.39 is 0 Å². The van der Waals surface area contributed by atoms with Crippen LogP contribution in [0.1, 0.15) is 11.1 Å². The van der Waals surface area contributed by atoms with Gasteiger partial charge in [-0.05, 0) is 35.9 Å². The molecule has 2 heterocycles. The highest BCUT2D eigenvalue weighted by Gasteiger charge is 2.19. The number of benzene rings is 3. The Labute approximate surface area is 188 Å². The molecule has 5 rings (SSSR count). The maximum atomic E-state index is 14.0. The van der Waals surface area contributed by atoms with E-state index in [1.807, 2.05) is 30.3 Å². The van der Waals surface area contributed by atoms with Crippen molar-refractivity contribution in [2.24, 2.45) is 0 Å². The third kappa shape index (κ3) is 4.23. The van der Waals surface area contributed by atoms with Gasteiger partial charge < -0.3 is 11.1 Å². The lowest BCUT2D eigenvalue weighted by Gasteiger charge is -2.09. The lowest BCUT2D eigenvalue weighted by atomic mass is 10.1. The molecule has 33 heavy (non-hydrogen) atoms. The monoisotopic (exact) mass is 442 g/mol. The summed E-state index contributed by atoms with van der Waals surface area (Å²) in [6, 6.07) is 22.3. The summed E-state index contributed by atoms with van der Waals surface area (Å²) in [5.41, 5.74) is 9.57. The Morgan fingerprint density at radius 1 is 0.848 bits per heavy atom. The molecule has 164 valence electrons. The van der Waals surface area contributed by atoms with Crippen LogP contribution in [-0.4, -0.2) is 19.7 Å². The Morgan fingerprint density at radius 2 is 1.58 bits per heavy atom.